The van der Waals surface area contributed by atoms with Gasteiger partial charge in [-0.3, -0.25) is 9.59 Å². The third-order valence-electron chi connectivity index (χ3n) is 5.53. The van der Waals surface area contributed by atoms with E-state index in [2.05, 4.69) is 19.2 Å². The van der Waals surface area contributed by atoms with Crippen molar-refractivity contribution in [3.05, 3.63) is 57.8 Å². The lowest BCUT2D eigenvalue weighted by Gasteiger charge is -2.42. The van der Waals surface area contributed by atoms with Crippen molar-refractivity contribution in [2.75, 3.05) is 25.7 Å². The SMILES string of the molecule is COC(=O)[C@H](CCSC)NC(=O)[C@@H]1c2ccccc2C(=O)N(CC(C)C)[C@@H]1c1cccs1. The lowest BCUT2D eigenvalue weighted by Crippen LogP contribution is -2.51. The number of thiophene rings is 1. The Bertz CT molecular complexity index is 945. The summed E-state index contributed by atoms with van der Waals surface area (Å²) in [4.78, 5) is 42.3. The minimum atomic E-state index is -0.729. The molecule has 0 saturated heterocycles. The molecule has 0 fully saturated rings. The Hall–Kier alpha value is -2.32. The van der Waals surface area contributed by atoms with E-state index in [0.717, 1.165) is 4.88 Å². The first-order valence-electron chi connectivity index (χ1n) is 10.7. The quantitative estimate of drug-likeness (QED) is 0.554. The molecule has 0 radical (unpaired) electrons. The van der Waals surface area contributed by atoms with Crippen molar-refractivity contribution in [3.63, 3.8) is 0 Å². The first kappa shape index (κ1) is 24.3. The second-order valence-corrected chi connectivity index (χ2v) is 10.2. The van der Waals surface area contributed by atoms with Gasteiger partial charge in [0.1, 0.15) is 6.04 Å². The maximum atomic E-state index is 13.7. The lowest BCUT2D eigenvalue weighted by molar-refractivity contribution is -0.145. The average molecular weight is 475 g/mol. The number of amides is 2. The monoisotopic (exact) mass is 474 g/mol. The maximum absolute atomic E-state index is 13.7. The van der Waals surface area contributed by atoms with Crippen LogP contribution < -0.4 is 5.32 Å². The normalized spacial score (nSPS) is 18.9. The van der Waals surface area contributed by atoms with Crippen LogP contribution in [0, 0.1) is 5.92 Å². The van der Waals surface area contributed by atoms with Crippen molar-refractivity contribution < 1.29 is 19.1 Å². The zero-order chi connectivity index (χ0) is 23.3. The first-order chi connectivity index (χ1) is 15.4. The molecule has 0 saturated carbocycles. The van der Waals surface area contributed by atoms with Gasteiger partial charge in [0.2, 0.25) is 5.91 Å². The molecule has 0 spiro atoms. The molecule has 0 bridgehead atoms. The number of fused-ring (bicyclic) bond motifs is 1. The predicted molar refractivity (Wildman–Crippen MR) is 129 cm³/mol. The zero-order valence-electron chi connectivity index (χ0n) is 18.9. The van der Waals surface area contributed by atoms with Crippen molar-refractivity contribution in [2.24, 2.45) is 5.92 Å². The molecule has 2 heterocycles. The van der Waals surface area contributed by atoms with Gasteiger partial charge in [-0.2, -0.15) is 11.8 Å². The minimum Gasteiger partial charge on any atom is -0.467 e. The number of hydrogen-bond donors (Lipinski definition) is 1. The van der Waals surface area contributed by atoms with Crippen molar-refractivity contribution in [1.82, 2.24) is 10.2 Å². The highest BCUT2D eigenvalue weighted by molar-refractivity contribution is 7.98. The standard InChI is InChI=1S/C24H30N2O4S2/c1-15(2)14-26-21(19-10-7-12-32-19)20(16-8-5-6-9-17(16)23(26)28)22(27)25-18(11-13-31-4)24(29)30-3/h5-10,12,15,18,20-21H,11,13-14H2,1-4H3,(H,25,27)/t18-,20+,21+/m0/s1. The summed E-state index contributed by atoms with van der Waals surface area (Å²) < 4.78 is 4.93. The van der Waals surface area contributed by atoms with Crippen LogP contribution in [0.1, 0.15) is 53.0 Å². The molecule has 2 aromatic rings. The van der Waals surface area contributed by atoms with Gasteiger partial charge in [0, 0.05) is 17.0 Å². The Balaban J connectivity index is 2.06. The molecule has 1 aliphatic heterocycles. The lowest BCUT2D eigenvalue weighted by atomic mass is 9.81. The number of carbonyl (C=O) groups is 3. The fourth-order valence-corrected chi connectivity index (χ4v) is 5.48. The molecule has 1 aromatic heterocycles. The van der Waals surface area contributed by atoms with Crippen LogP contribution in [0.25, 0.3) is 0 Å². The number of rotatable bonds is 9. The molecule has 1 N–H and O–H groups in total. The van der Waals surface area contributed by atoms with Gasteiger partial charge in [-0.25, -0.2) is 4.79 Å². The molecule has 0 aliphatic carbocycles. The van der Waals surface area contributed by atoms with Crippen LogP contribution >= 0.6 is 23.1 Å². The van der Waals surface area contributed by atoms with Gasteiger partial charge in [0.05, 0.1) is 19.1 Å². The number of esters is 1. The highest BCUT2D eigenvalue weighted by Gasteiger charge is 2.45. The largest absolute Gasteiger partial charge is 0.467 e. The van der Waals surface area contributed by atoms with Crippen LogP contribution in [-0.2, 0) is 14.3 Å². The number of thioether (sulfide) groups is 1. The van der Waals surface area contributed by atoms with E-state index >= 15 is 0 Å². The molecule has 3 rings (SSSR count). The molecule has 1 aliphatic rings. The van der Waals surface area contributed by atoms with Gasteiger partial charge >= 0.3 is 5.97 Å². The number of nitrogens with one attached hydrogen (secondary N) is 1. The van der Waals surface area contributed by atoms with Gasteiger partial charge in [0.15, 0.2) is 0 Å². The molecular formula is C24H30N2O4S2. The van der Waals surface area contributed by atoms with Crippen LogP contribution in [0.15, 0.2) is 41.8 Å². The van der Waals surface area contributed by atoms with Crippen molar-refractivity contribution in [2.45, 2.75) is 38.3 Å². The average Bonchev–Trinajstić information content (AvgIpc) is 3.31. The van der Waals surface area contributed by atoms with Gasteiger partial charge in [0.25, 0.3) is 5.91 Å². The Morgan fingerprint density at radius 1 is 1.22 bits per heavy atom. The van der Waals surface area contributed by atoms with E-state index in [9.17, 15) is 14.4 Å². The van der Waals surface area contributed by atoms with Crippen LogP contribution in [0.5, 0.6) is 0 Å². The van der Waals surface area contributed by atoms with Gasteiger partial charge < -0.3 is 15.0 Å². The molecular weight excluding hydrogens is 444 g/mol. The second kappa shape index (κ2) is 11.0. The highest BCUT2D eigenvalue weighted by atomic mass is 32.2. The molecule has 32 heavy (non-hydrogen) atoms. The molecule has 1 aromatic carbocycles. The Morgan fingerprint density at radius 2 is 1.97 bits per heavy atom. The van der Waals surface area contributed by atoms with Crippen molar-refractivity contribution >= 4 is 40.9 Å². The summed E-state index contributed by atoms with van der Waals surface area (Å²) in [5.74, 6) is -0.466. The van der Waals surface area contributed by atoms with E-state index < -0.39 is 24.0 Å². The van der Waals surface area contributed by atoms with E-state index in [-0.39, 0.29) is 17.7 Å². The Kier molecular flexibility index (Phi) is 8.37. The summed E-state index contributed by atoms with van der Waals surface area (Å²) in [6, 6.07) is 10.0. The summed E-state index contributed by atoms with van der Waals surface area (Å²) in [6.45, 7) is 4.65. The topological polar surface area (TPSA) is 75.7 Å². The number of methoxy groups -OCH3 is 1. The molecule has 8 heteroatoms. The van der Waals surface area contributed by atoms with E-state index in [0.29, 0.717) is 29.8 Å². The van der Waals surface area contributed by atoms with Crippen LogP contribution in [-0.4, -0.2) is 54.4 Å². The van der Waals surface area contributed by atoms with Gasteiger partial charge in [-0.1, -0.05) is 38.1 Å². The third-order valence-corrected chi connectivity index (χ3v) is 7.12. The molecule has 6 nitrogen and oxygen atoms in total. The van der Waals surface area contributed by atoms with E-state index in [4.69, 9.17) is 4.74 Å². The smallest absolute Gasteiger partial charge is 0.328 e. The van der Waals surface area contributed by atoms with Gasteiger partial charge in [-0.05, 0) is 47.4 Å². The molecule has 2 amide bonds. The number of benzene rings is 1. The molecule has 172 valence electrons. The van der Waals surface area contributed by atoms with Crippen LogP contribution in [0.3, 0.4) is 0 Å². The number of hydrogen-bond acceptors (Lipinski definition) is 6. The molecule has 0 unspecified atom stereocenters. The first-order valence-corrected chi connectivity index (χ1v) is 13.0. The van der Waals surface area contributed by atoms with Crippen LogP contribution in [0.4, 0.5) is 0 Å². The second-order valence-electron chi connectivity index (χ2n) is 8.24. The molecule has 3 atom stereocenters. The van der Waals surface area contributed by atoms with E-state index in [1.165, 1.54) is 18.4 Å². The number of ether oxygens (including phenoxy) is 1. The predicted octanol–water partition coefficient (Wildman–Crippen LogP) is 4.10. The van der Waals surface area contributed by atoms with E-state index in [1.807, 2.05) is 46.9 Å². The number of nitrogens with zero attached hydrogens (tertiary/aromatic N) is 1. The zero-order valence-corrected chi connectivity index (χ0v) is 20.5. The Labute approximate surface area is 197 Å². The summed E-state index contributed by atoms with van der Waals surface area (Å²) in [5, 5.41) is 4.89. The van der Waals surface area contributed by atoms with Crippen molar-refractivity contribution in [3.8, 4) is 0 Å². The fraction of sp³-hybridized carbons (Fsp3) is 0.458. The third kappa shape index (κ3) is 5.18. The highest BCUT2D eigenvalue weighted by Crippen LogP contribution is 2.44. The summed E-state index contributed by atoms with van der Waals surface area (Å²) in [6.07, 6.45) is 2.43. The summed E-state index contributed by atoms with van der Waals surface area (Å²) >= 11 is 3.14. The minimum absolute atomic E-state index is 0.0661. The summed E-state index contributed by atoms with van der Waals surface area (Å²) in [5.41, 5.74) is 1.24. The van der Waals surface area contributed by atoms with Crippen LogP contribution in [0.2, 0.25) is 0 Å². The van der Waals surface area contributed by atoms with Crippen molar-refractivity contribution in [1.29, 1.82) is 0 Å². The maximum Gasteiger partial charge on any atom is 0.328 e. The fourth-order valence-electron chi connectivity index (χ4n) is 4.13. The number of carbonyl (C=O) groups excluding carboxylic acids is 3. The van der Waals surface area contributed by atoms with E-state index in [1.54, 1.807) is 17.8 Å². The Morgan fingerprint density at radius 3 is 2.59 bits per heavy atom. The summed E-state index contributed by atoms with van der Waals surface area (Å²) in [7, 11) is 1.33. The van der Waals surface area contributed by atoms with Gasteiger partial charge in [-0.15, -0.1) is 11.3 Å².